The molecule has 5 aliphatic rings. The number of rotatable bonds is 1. The summed E-state index contributed by atoms with van der Waals surface area (Å²) in [4.78, 5) is 25.7. The molecule has 10 atom stereocenters. The van der Waals surface area contributed by atoms with Gasteiger partial charge in [0.25, 0.3) is 0 Å². The van der Waals surface area contributed by atoms with Gasteiger partial charge in [-0.15, -0.1) is 0 Å². The van der Waals surface area contributed by atoms with Crippen LogP contribution in [0.15, 0.2) is 23.0 Å². The number of hydrogen-bond acceptors (Lipinski definition) is 8. The van der Waals surface area contributed by atoms with E-state index < -0.39 is 63.8 Å². The highest BCUT2D eigenvalue weighted by Crippen LogP contribution is 2.79. The molecule has 8 nitrogen and oxygen atoms in total. The van der Waals surface area contributed by atoms with Crippen molar-refractivity contribution in [1.82, 2.24) is 0 Å². The lowest BCUT2D eigenvalue weighted by atomic mass is 9.36. The summed E-state index contributed by atoms with van der Waals surface area (Å²) in [6.07, 6.45) is 1.68. The first-order chi connectivity index (χ1) is 15.8. The van der Waals surface area contributed by atoms with Gasteiger partial charge in [0.2, 0.25) is 0 Å². The van der Waals surface area contributed by atoms with Crippen LogP contribution in [0.2, 0.25) is 0 Å². The number of carbonyl (C=O) groups excluding carboxylic acids is 2. The van der Waals surface area contributed by atoms with E-state index in [1.165, 1.54) is 0 Å². The van der Waals surface area contributed by atoms with Gasteiger partial charge in [0, 0.05) is 27.7 Å². The van der Waals surface area contributed by atoms with Crippen LogP contribution in [0.3, 0.4) is 0 Å². The van der Waals surface area contributed by atoms with Crippen LogP contribution in [-0.4, -0.2) is 51.7 Å². The van der Waals surface area contributed by atoms with Gasteiger partial charge in [0.1, 0.15) is 17.3 Å². The Hall–Kier alpha value is -1.90. The highest BCUT2D eigenvalue weighted by molar-refractivity contribution is 5.82. The molecule has 2 N–H and O–H groups in total. The summed E-state index contributed by atoms with van der Waals surface area (Å²) in [5.41, 5.74) is -3.18. The van der Waals surface area contributed by atoms with Gasteiger partial charge in [-0.3, -0.25) is 4.79 Å². The van der Waals surface area contributed by atoms with Gasteiger partial charge < -0.3 is 28.8 Å². The average Bonchev–Trinajstić information content (AvgIpc) is 3.33. The van der Waals surface area contributed by atoms with E-state index in [-0.39, 0.29) is 18.3 Å². The van der Waals surface area contributed by atoms with Crippen LogP contribution in [0.25, 0.3) is 0 Å². The number of aliphatic hydroxyl groups excluding tert-OH is 2. The van der Waals surface area contributed by atoms with Crippen molar-refractivity contribution < 1.29 is 38.4 Å². The van der Waals surface area contributed by atoms with E-state index in [0.29, 0.717) is 19.3 Å². The van der Waals surface area contributed by atoms with Crippen molar-refractivity contribution >= 4 is 11.9 Å². The van der Waals surface area contributed by atoms with Crippen LogP contribution >= 0.6 is 0 Å². The zero-order valence-corrected chi connectivity index (χ0v) is 20.4. The van der Waals surface area contributed by atoms with E-state index in [1.54, 1.807) is 12.5 Å². The summed E-state index contributed by atoms with van der Waals surface area (Å²) < 4.78 is 23.4. The van der Waals surface area contributed by atoms with Crippen molar-refractivity contribution in [3.8, 4) is 0 Å². The fraction of sp³-hybridized carbons (Fsp3) is 0.769. The molecule has 3 aliphatic heterocycles. The molecule has 1 spiro atoms. The highest BCUT2D eigenvalue weighted by atomic mass is 16.7. The number of cyclic esters (lactones) is 2. The molecule has 0 aromatic carbocycles. The third kappa shape index (κ3) is 2.31. The number of fused-ring (bicyclic) bond motifs is 3. The molecular weight excluding hydrogens is 440 g/mol. The van der Waals surface area contributed by atoms with Crippen molar-refractivity contribution in [2.45, 2.75) is 95.9 Å². The van der Waals surface area contributed by atoms with Gasteiger partial charge in [-0.2, -0.15) is 0 Å². The molecule has 34 heavy (non-hydrogen) atoms. The van der Waals surface area contributed by atoms with Crippen LogP contribution in [0.5, 0.6) is 0 Å². The van der Waals surface area contributed by atoms with Crippen molar-refractivity contribution in [1.29, 1.82) is 0 Å². The van der Waals surface area contributed by atoms with Crippen molar-refractivity contribution in [3.05, 3.63) is 24.2 Å². The van der Waals surface area contributed by atoms with Crippen LogP contribution in [0.1, 0.15) is 72.0 Å². The monoisotopic (exact) mass is 474 g/mol. The van der Waals surface area contributed by atoms with Crippen LogP contribution in [0, 0.1) is 28.1 Å². The maximum Gasteiger partial charge on any atom is 0.339 e. The molecular formula is C26H34O8. The molecule has 0 amide bonds. The van der Waals surface area contributed by atoms with Gasteiger partial charge >= 0.3 is 11.9 Å². The molecule has 5 fully saturated rings. The summed E-state index contributed by atoms with van der Waals surface area (Å²) in [6.45, 7) is 9.87. The summed E-state index contributed by atoms with van der Waals surface area (Å²) in [6, 6.07) is 1.81. The van der Waals surface area contributed by atoms with E-state index in [2.05, 4.69) is 6.92 Å². The number of ether oxygens (including phenoxy) is 3. The van der Waals surface area contributed by atoms with Gasteiger partial charge in [0.05, 0.1) is 31.2 Å². The van der Waals surface area contributed by atoms with Crippen LogP contribution in [-0.2, 0) is 23.8 Å². The zero-order chi connectivity index (χ0) is 24.5. The molecule has 0 radical (unpaired) electrons. The van der Waals surface area contributed by atoms with Crippen molar-refractivity contribution in [2.75, 3.05) is 0 Å². The smallest absolute Gasteiger partial charge is 0.339 e. The largest absolute Gasteiger partial charge is 0.472 e. The van der Waals surface area contributed by atoms with Gasteiger partial charge in [-0.1, -0.05) is 20.8 Å². The Bertz CT molecular complexity index is 1050. The number of aliphatic hydroxyl groups is 2. The standard InChI is InChI=1S/C26H34O8/c1-22(2)15-10-17(28)25(5)14(24(15,4)16(27)11-18(29)33-22)6-8-23(3)19(13-7-9-31-12-13)32-21(30)20-26(23,25)34-20/h7,9,12,14-17,19-20,27-28H,6,8,10-11H2,1-5H3/t14?,15?,16-,17+,19-,20?,23-,24+,25-,26?/m0/s1. The minimum atomic E-state index is -0.950. The Kier molecular flexibility index (Phi) is 4.28. The average molecular weight is 475 g/mol. The highest BCUT2D eigenvalue weighted by Gasteiger charge is 2.88. The fourth-order valence-corrected chi connectivity index (χ4v) is 9.19. The van der Waals surface area contributed by atoms with Gasteiger partial charge in [0.15, 0.2) is 6.10 Å². The van der Waals surface area contributed by atoms with E-state index in [1.807, 2.05) is 33.8 Å². The third-order valence-corrected chi connectivity index (χ3v) is 10.8. The van der Waals surface area contributed by atoms with E-state index in [9.17, 15) is 19.8 Å². The van der Waals surface area contributed by atoms with Crippen molar-refractivity contribution in [3.63, 3.8) is 0 Å². The lowest BCUT2D eigenvalue weighted by Crippen LogP contribution is -2.73. The van der Waals surface area contributed by atoms with Gasteiger partial charge in [-0.25, -0.2) is 4.79 Å². The Morgan fingerprint density at radius 1 is 1.00 bits per heavy atom. The molecule has 2 aliphatic carbocycles. The van der Waals surface area contributed by atoms with Crippen LogP contribution in [0.4, 0.5) is 0 Å². The van der Waals surface area contributed by atoms with E-state index in [4.69, 9.17) is 18.6 Å². The normalized spacial score (nSPS) is 53.3. The number of carbonyl (C=O) groups is 2. The van der Waals surface area contributed by atoms with E-state index in [0.717, 1.165) is 5.56 Å². The second-order valence-corrected chi connectivity index (χ2v) is 12.4. The molecule has 4 heterocycles. The third-order valence-electron chi connectivity index (χ3n) is 10.8. The minimum Gasteiger partial charge on any atom is -0.472 e. The SMILES string of the molecule is CC1(C)OC(=O)C[C@H](O)[C@@]2(C)C1C[C@@H](O)[C@]1(C)C2CC[C@@]2(C)[C@H](c3ccoc3)OC(=O)C3OC321. The molecule has 4 unspecified atom stereocenters. The molecule has 1 aromatic rings. The fourth-order valence-electron chi connectivity index (χ4n) is 9.19. The molecule has 1 aromatic heterocycles. The maximum atomic E-state index is 13.1. The Balaban J connectivity index is 1.52. The zero-order valence-electron chi connectivity index (χ0n) is 20.4. The molecule has 6 rings (SSSR count). The lowest BCUT2D eigenvalue weighted by molar-refractivity contribution is -0.272. The molecule has 2 saturated carbocycles. The number of furan rings is 1. The van der Waals surface area contributed by atoms with Gasteiger partial charge in [-0.05, 0) is 45.1 Å². The molecule has 0 bridgehead atoms. The summed E-state index contributed by atoms with van der Waals surface area (Å²) in [5.74, 6) is -1.31. The molecule has 3 saturated heterocycles. The minimum absolute atomic E-state index is 0.0899. The molecule has 186 valence electrons. The first-order valence-corrected chi connectivity index (χ1v) is 12.3. The Morgan fingerprint density at radius 2 is 1.74 bits per heavy atom. The summed E-state index contributed by atoms with van der Waals surface area (Å²) in [7, 11) is 0. The Labute approximate surface area is 198 Å². The first-order valence-electron chi connectivity index (χ1n) is 12.3. The summed E-state index contributed by atoms with van der Waals surface area (Å²) in [5, 5.41) is 23.3. The number of epoxide rings is 1. The predicted molar refractivity (Wildman–Crippen MR) is 117 cm³/mol. The molecule has 8 heteroatoms. The second kappa shape index (κ2) is 6.45. The second-order valence-electron chi connectivity index (χ2n) is 12.4. The topological polar surface area (TPSA) is 119 Å². The quantitative estimate of drug-likeness (QED) is 0.471. The first kappa shape index (κ1) is 22.6. The Morgan fingerprint density at radius 3 is 2.41 bits per heavy atom. The predicted octanol–water partition coefficient (Wildman–Crippen LogP) is 2.91. The van der Waals surface area contributed by atoms with Crippen molar-refractivity contribution in [2.24, 2.45) is 28.1 Å². The maximum absolute atomic E-state index is 13.1. The number of esters is 2. The van der Waals surface area contributed by atoms with Crippen LogP contribution < -0.4 is 0 Å². The summed E-state index contributed by atoms with van der Waals surface area (Å²) >= 11 is 0. The number of hydrogen-bond donors (Lipinski definition) is 2. The van der Waals surface area contributed by atoms with E-state index >= 15 is 0 Å². The lowest BCUT2D eigenvalue weighted by Gasteiger charge is -2.68.